The van der Waals surface area contributed by atoms with Gasteiger partial charge < -0.3 is 14.6 Å². The SMILES string of the molecule is CC(C)NC(=O)N(Cc1cnc2ccccn12)C1CC1. The molecule has 2 amide bonds. The number of fused-ring (bicyclic) bond motifs is 1. The maximum Gasteiger partial charge on any atom is 0.318 e. The van der Waals surface area contributed by atoms with E-state index in [0.29, 0.717) is 12.6 Å². The number of rotatable bonds is 4. The molecule has 2 aromatic heterocycles. The smallest absolute Gasteiger partial charge is 0.318 e. The summed E-state index contributed by atoms with van der Waals surface area (Å²) in [6, 6.07) is 6.48. The van der Waals surface area contributed by atoms with Crippen molar-refractivity contribution >= 4 is 11.7 Å². The van der Waals surface area contributed by atoms with Gasteiger partial charge in [0.15, 0.2) is 0 Å². The predicted molar refractivity (Wildman–Crippen MR) is 77.4 cm³/mol. The minimum Gasteiger partial charge on any atom is -0.336 e. The first kappa shape index (κ1) is 13.0. The minimum atomic E-state index is 0.0216. The summed E-state index contributed by atoms with van der Waals surface area (Å²) in [5.41, 5.74) is 1.97. The highest BCUT2D eigenvalue weighted by atomic mass is 16.2. The van der Waals surface area contributed by atoms with Crippen molar-refractivity contribution in [3.05, 3.63) is 36.3 Å². The zero-order valence-corrected chi connectivity index (χ0v) is 11.9. The van der Waals surface area contributed by atoms with Gasteiger partial charge in [-0.3, -0.25) is 0 Å². The molecule has 5 heteroatoms. The van der Waals surface area contributed by atoms with E-state index < -0.39 is 0 Å². The maximum absolute atomic E-state index is 12.3. The van der Waals surface area contributed by atoms with E-state index >= 15 is 0 Å². The Bertz CT molecular complexity index is 615. The molecule has 0 aromatic carbocycles. The van der Waals surface area contributed by atoms with Crippen LogP contribution in [0, 0.1) is 0 Å². The second-order valence-corrected chi connectivity index (χ2v) is 5.64. The third-order valence-electron chi connectivity index (χ3n) is 3.49. The quantitative estimate of drug-likeness (QED) is 0.929. The van der Waals surface area contributed by atoms with Gasteiger partial charge in [0.25, 0.3) is 0 Å². The summed E-state index contributed by atoms with van der Waals surface area (Å²) in [7, 11) is 0. The standard InChI is InChI=1S/C15H20N4O/c1-11(2)17-15(20)19(12-6-7-12)10-13-9-16-14-5-3-4-8-18(13)14/h3-5,8-9,11-12H,6-7,10H2,1-2H3,(H,17,20). The Balaban J connectivity index is 1.81. The van der Waals surface area contributed by atoms with Crippen LogP contribution in [0.5, 0.6) is 0 Å². The van der Waals surface area contributed by atoms with Crippen LogP contribution in [0.15, 0.2) is 30.6 Å². The average molecular weight is 272 g/mol. The summed E-state index contributed by atoms with van der Waals surface area (Å²) in [5, 5.41) is 2.98. The van der Waals surface area contributed by atoms with Crippen molar-refractivity contribution < 1.29 is 4.79 Å². The molecule has 0 atom stereocenters. The molecule has 0 spiro atoms. The molecule has 106 valence electrons. The lowest BCUT2D eigenvalue weighted by Crippen LogP contribution is -2.43. The number of hydrogen-bond acceptors (Lipinski definition) is 2. The molecule has 0 unspecified atom stereocenters. The van der Waals surface area contributed by atoms with Crippen LogP contribution in [-0.4, -0.2) is 32.4 Å². The van der Waals surface area contributed by atoms with Crippen molar-refractivity contribution in [2.45, 2.75) is 45.3 Å². The second-order valence-electron chi connectivity index (χ2n) is 5.64. The van der Waals surface area contributed by atoms with Gasteiger partial charge in [0.05, 0.1) is 18.4 Å². The number of hydrogen-bond donors (Lipinski definition) is 1. The van der Waals surface area contributed by atoms with Gasteiger partial charge in [0.1, 0.15) is 5.65 Å². The van der Waals surface area contributed by atoms with Gasteiger partial charge in [-0.25, -0.2) is 9.78 Å². The Morgan fingerprint density at radius 1 is 1.50 bits per heavy atom. The van der Waals surface area contributed by atoms with Crippen LogP contribution in [0.1, 0.15) is 32.4 Å². The number of urea groups is 1. The fourth-order valence-electron chi connectivity index (χ4n) is 2.36. The van der Waals surface area contributed by atoms with E-state index in [1.165, 1.54) is 0 Å². The van der Waals surface area contributed by atoms with Gasteiger partial charge in [-0.1, -0.05) is 6.07 Å². The van der Waals surface area contributed by atoms with Gasteiger partial charge in [-0.05, 0) is 38.8 Å². The van der Waals surface area contributed by atoms with Crippen LogP contribution in [0.3, 0.4) is 0 Å². The van der Waals surface area contributed by atoms with Crippen molar-refractivity contribution in [1.82, 2.24) is 19.6 Å². The summed E-state index contributed by atoms with van der Waals surface area (Å²) in [6.07, 6.45) is 6.04. The molecule has 3 rings (SSSR count). The molecular formula is C15H20N4O. The summed E-state index contributed by atoms with van der Waals surface area (Å²) in [5.74, 6) is 0. The van der Waals surface area contributed by atoms with Crippen LogP contribution < -0.4 is 5.32 Å². The molecule has 20 heavy (non-hydrogen) atoms. The molecule has 0 aliphatic heterocycles. The molecule has 0 radical (unpaired) electrons. The van der Waals surface area contributed by atoms with E-state index in [9.17, 15) is 4.79 Å². The van der Waals surface area contributed by atoms with Crippen molar-refractivity contribution in [2.75, 3.05) is 0 Å². The van der Waals surface area contributed by atoms with Crippen LogP contribution in [0.2, 0.25) is 0 Å². The molecule has 1 aliphatic rings. The highest BCUT2D eigenvalue weighted by Gasteiger charge is 2.33. The zero-order chi connectivity index (χ0) is 14.1. The van der Waals surface area contributed by atoms with Crippen molar-refractivity contribution in [3.8, 4) is 0 Å². The van der Waals surface area contributed by atoms with Crippen molar-refractivity contribution in [3.63, 3.8) is 0 Å². The first-order valence-corrected chi connectivity index (χ1v) is 7.13. The van der Waals surface area contributed by atoms with Gasteiger partial charge in [-0.2, -0.15) is 0 Å². The number of carbonyl (C=O) groups is 1. The number of pyridine rings is 1. The van der Waals surface area contributed by atoms with Crippen LogP contribution in [0.25, 0.3) is 5.65 Å². The van der Waals surface area contributed by atoms with Crippen LogP contribution in [-0.2, 0) is 6.54 Å². The average Bonchev–Trinajstić information content (AvgIpc) is 3.16. The minimum absolute atomic E-state index is 0.0216. The largest absolute Gasteiger partial charge is 0.336 e. The first-order chi connectivity index (χ1) is 9.65. The fourth-order valence-corrected chi connectivity index (χ4v) is 2.36. The fraction of sp³-hybridized carbons (Fsp3) is 0.467. The van der Waals surface area contributed by atoms with Crippen molar-refractivity contribution in [1.29, 1.82) is 0 Å². The molecule has 1 saturated carbocycles. The lowest BCUT2D eigenvalue weighted by atomic mass is 10.3. The van der Waals surface area contributed by atoms with E-state index in [2.05, 4.69) is 10.3 Å². The molecular weight excluding hydrogens is 252 g/mol. The molecule has 5 nitrogen and oxygen atoms in total. The summed E-state index contributed by atoms with van der Waals surface area (Å²) in [6.45, 7) is 4.57. The third-order valence-corrected chi connectivity index (χ3v) is 3.49. The summed E-state index contributed by atoms with van der Waals surface area (Å²) >= 11 is 0. The Morgan fingerprint density at radius 2 is 2.30 bits per heavy atom. The summed E-state index contributed by atoms with van der Waals surface area (Å²) < 4.78 is 2.04. The monoisotopic (exact) mass is 272 g/mol. The Hall–Kier alpha value is -2.04. The highest BCUT2D eigenvalue weighted by Crippen LogP contribution is 2.28. The van der Waals surface area contributed by atoms with Crippen molar-refractivity contribution in [2.24, 2.45) is 0 Å². The van der Waals surface area contributed by atoms with Gasteiger partial charge >= 0.3 is 6.03 Å². The Labute approximate surface area is 118 Å². The van der Waals surface area contributed by atoms with E-state index in [1.54, 1.807) is 0 Å². The van der Waals surface area contributed by atoms with Crippen LogP contribution in [0.4, 0.5) is 4.79 Å². The predicted octanol–water partition coefficient (Wildman–Crippen LogP) is 2.42. The van der Waals surface area contributed by atoms with Gasteiger partial charge in [-0.15, -0.1) is 0 Å². The Kier molecular flexibility index (Phi) is 3.34. The molecule has 0 saturated heterocycles. The molecule has 1 aliphatic carbocycles. The van der Waals surface area contributed by atoms with E-state index in [1.807, 2.05) is 53.7 Å². The Morgan fingerprint density at radius 3 is 3.00 bits per heavy atom. The van der Waals surface area contributed by atoms with E-state index in [0.717, 1.165) is 24.2 Å². The first-order valence-electron chi connectivity index (χ1n) is 7.13. The number of carbonyl (C=O) groups excluding carboxylic acids is 1. The number of imidazole rings is 1. The molecule has 1 N–H and O–H groups in total. The third kappa shape index (κ3) is 2.61. The molecule has 0 bridgehead atoms. The molecule has 2 aromatic rings. The second kappa shape index (κ2) is 5.15. The van der Waals surface area contributed by atoms with Gasteiger partial charge in [0, 0.05) is 18.3 Å². The van der Waals surface area contributed by atoms with Gasteiger partial charge in [0.2, 0.25) is 0 Å². The number of nitrogens with one attached hydrogen (secondary N) is 1. The number of amides is 2. The lowest BCUT2D eigenvalue weighted by molar-refractivity contribution is 0.188. The lowest BCUT2D eigenvalue weighted by Gasteiger charge is -2.24. The zero-order valence-electron chi connectivity index (χ0n) is 11.9. The topological polar surface area (TPSA) is 49.6 Å². The molecule has 2 heterocycles. The van der Waals surface area contributed by atoms with Crippen LogP contribution >= 0.6 is 0 Å². The van der Waals surface area contributed by atoms with E-state index in [4.69, 9.17) is 0 Å². The normalized spacial score (nSPS) is 14.8. The highest BCUT2D eigenvalue weighted by molar-refractivity contribution is 5.75. The summed E-state index contributed by atoms with van der Waals surface area (Å²) in [4.78, 5) is 18.6. The number of nitrogens with zero attached hydrogens (tertiary/aromatic N) is 3. The molecule has 1 fully saturated rings. The van der Waals surface area contributed by atoms with E-state index in [-0.39, 0.29) is 12.1 Å². The maximum atomic E-state index is 12.3. The number of aromatic nitrogens is 2.